The maximum atomic E-state index is 11.9. The van der Waals surface area contributed by atoms with Gasteiger partial charge in [-0.05, 0) is 31.0 Å². The summed E-state index contributed by atoms with van der Waals surface area (Å²) in [6.07, 6.45) is 1.33. The molecule has 20 heavy (non-hydrogen) atoms. The van der Waals surface area contributed by atoms with Crippen molar-refractivity contribution in [3.05, 3.63) is 28.8 Å². The van der Waals surface area contributed by atoms with Crippen LogP contribution in [0.15, 0.2) is 18.2 Å². The molecule has 0 bridgehead atoms. The van der Waals surface area contributed by atoms with Gasteiger partial charge in [0.25, 0.3) is 0 Å². The predicted octanol–water partition coefficient (Wildman–Crippen LogP) is 3.41. The number of benzene rings is 1. The molecular weight excluding hydrogens is 280 g/mol. The number of aryl methyl sites for hydroxylation is 1. The smallest absolute Gasteiger partial charge is 0.319 e. The van der Waals surface area contributed by atoms with Gasteiger partial charge in [0.2, 0.25) is 0 Å². The number of hydrogen-bond acceptors (Lipinski definition) is 2. The van der Waals surface area contributed by atoms with Gasteiger partial charge in [0, 0.05) is 16.8 Å². The van der Waals surface area contributed by atoms with Crippen LogP contribution in [0.4, 0.5) is 10.5 Å². The molecule has 1 rings (SSSR count). The Morgan fingerprint density at radius 3 is 2.70 bits per heavy atom. The van der Waals surface area contributed by atoms with Crippen molar-refractivity contribution in [3.63, 3.8) is 0 Å². The number of carboxylic acid groups (broad SMARTS) is 1. The summed E-state index contributed by atoms with van der Waals surface area (Å²) in [5.41, 5.74) is 1.50. The van der Waals surface area contributed by atoms with E-state index in [1.807, 2.05) is 13.8 Å². The van der Waals surface area contributed by atoms with E-state index in [2.05, 4.69) is 10.6 Å². The fourth-order valence-corrected chi connectivity index (χ4v) is 2.03. The average Bonchev–Trinajstić information content (AvgIpc) is 2.33. The second-order valence-corrected chi connectivity index (χ2v) is 5.08. The second kappa shape index (κ2) is 7.75. The van der Waals surface area contributed by atoms with Crippen LogP contribution in [0.1, 0.15) is 31.7 Å². The molecule has 5 nitrogen and oxygen atoms in total. The number of aliphatic carboxylic acids is 1. The molecule has 1 unspecified atom stereocenters. The van der Waals surface area contributed by atoms with Crippen molar-refractivity contribution in [2.45, 2.75) is 39.2 Å². The van der Waals surface area contributed by atoms with Crippen LogP contribution in [0.2, 0.25) is 5.02 Å². The van der Waals surface area contributed by atoms with E-state index in [9.17, 15) is 9.59 Å². The summed E-state index contributed by atoms with van der Waals surface area (Å²) < 4.78 is 0. The lowest BCUT2D eigenvalue weighted by molar-refractivity contribution is -0.137. The number of carbonyl (C=O) groups is 2. The molecule has 0 fully saturated rings. The molecule has 1 atom stereocenters. The third kappa shape index (κ3) is 5.48. The molecule has 0 radical (unpaired) electrons. The van der Waals surface area contributed by atoms with Crippen molar-refractivity contribution in [3.8, 4) is 0 Å². The molecule has 0 aliphatic carbocycles. The Labute approximate surface area is 123 Å². The van der Waals surface area contributed by atoms with E-state index in [1.165, 1.54) is 0 Å². The van der Waals surface area contributed by atoms with Crippen LogP contribution < -0.4 is 10.6 Å². The number of anilines is 1. The fraction of sp³-hybridized carbons (Fsp3) is 0.429. The number of urea groups is 1. The number of rotatable bonds is 6. The van der Waals surface area contributed by atoms with Gasteiger partial charge in [-0.1, -0.05) is 31.0 Å². The van der Waals surface area contributed by atoms with E-state index < -0.39 is 12.0 Å². The molecule has 0 spiro atoms. The van der Waals surface area contributed by atoms with Crippen molar-refractivity contribution in [2.24, 2.45) is 0 Å². The minimum Gasteiger partial charge on any atom is -0.481 e. The van der Waals surface area contributed by atoms with Gasteiger partial charge in [-0.25, -0.2) is 4.79 Å². The van der Waals surface area contributed by atoms with Crippen molar-refractivity contribution in [1.82, 2.24) is 5.32 Å². The number of halogens is 1. The van der Waals surface area contributed by atoms with Crippen molar-refractivity contribution in [2.75, 3.05) is 5.32 Å². The summed E-state index contributed by atoms with van der Waals surface area (Å²) in [6, 6.07) is 4.40. The van der Waals surface area contributed by atoms with Crippen molar-refractivity contribution in [1.29, 1.82) is 0 Å². The summed E-state index contributed by atoms with van der Waals surface area (Å²) in [4.78, 5) is 22.6. The first-order chi connectivity index (χ1) is 9.42. The minimum atomic E-state index is -0.928. The second-order valence-electron chi connectivity index (χ2n) is 4.64. The first kappa shape index (κ1) is 16.3. The Hall–Kier alpha value is -1.75. The fourth-order valence-electron chi connectivity index (χ4n) is 1.86. The maximum Gasteiger partial charge on any atom is 0.319 e. The van der Waals surface area contributed by atoms with Gasteiger partial charge in [-0.2, -0.15) is 0 Å². The average molecular weight is 299 g/mol. The quantitative estimate of drug-likeness (QED) is 0.753. The summed E-state index contributed by atoms with van der Waals surface area (Å²) in [5.74, 6) is -0.928. The molecule has 0 aliphatic rings. The van der Waals surface area contributed by atoms with E-state index in [1.54, 1.807) is 18.2 Å². The predicted molar refractivity (Wildman–Crippen MR) is 79.3 cm³/mol. The Balaban J connectivity index is 2.65. The highest BCUT2D eigenvalue weighted by Crippen LogP contribution is 2.20. The van der Waals surface area contributed by atoms with Crippen molar-refractivity contribution >= 4 is 29.3 Å². The number of nitrogens with one attached hydrogen (secondary N) is 2. The van der Waals surface area contributed by atoms with E-state index >= 15 is 0 Å². The lowest BCUT2D eigenvalue weighted by Crippen LogP contribution is -2.39. The molecule has 0 heterocycles. The molecule has 0 aliphatic heterocycles. The van der Waals surface area contributed by atoms with E-state index in [0.29, 0.717) is 17.1 Å². The van der Waals surface area contributed by atoms with Crippen LogP contribution in [-0.4, -0.2) is 23.1 Å². The first-order valence-corrected chi connectivity index (χ1v) is 6.85. The number of carboxylic acids is 1. The molecule has 1 aromatic carbocycles. The number of hydrogen-bond donors (Lipinski definition) is 3. The van der Waals surface area contributed by atoms with E-state index in [4.69, 9.17) is 16.7 Å². The molecule has 6 heteroatoms. The van der Waals surface area contributed by atoms with Gasteiger partial charge < -0.3 is 15.7 Å². The highest BCUT2D eigenvalue weighted by molar-refractivity contribution is 6.31. The summed E-state index contributed by atoms with van der Waals surface area (Å²) in [7, 11) is 0. The molecule has 110 valence electrons. The van der Waals surface area contributed by atoms with Crippen LogP contribution >= 0.6 is 11.6 Å². The summed E-state index contributed by atoms with van der Waals surface area (Å²) in [6.45, 7) is 3.79. The molecule has 0 saturated heterocycles. The summed E-state index contributed by atoms with van der Waals surface area (Å²) in [5, 5.41) is 14.7. The standard InChI is InChI=1S/C14H19ClN2O3/c1-3-4-11(8-13(18)19)16-14(20)17-12-7-10(15)6-5-9(12)2/h5-7,11H,3-4,8H2,1-2H3,(H,18,19)(H2,16,17,20). The molecule has 0 saturated carbocycles. The zero-order valence-electron chi connectivity index (χ0n) is 11.6. The van der Waals surface area contributed by atoms with Gasteiger partial charge in [-0.3, -0.25) is 4.79 Å². The molecule has 2 amide bonds. The normalized spacial score (nSPS) is 11.8. The third-order valence-corrected chi connectivity index (χ3v) is 3.08. The molecule has 3 N–H and O–H groups in total. The van der Waals surface area contributed by atoms with Gasteiger partial charge in [0.1, 0.15) is 0 Å². The summed E-state index contributed by atoms with van der Waals surface area (Å²) >= 11 is 5.88. The Bertz CT molecular complexity index is 491. The number of carbonyl (C=O) groups excluding carboxylic acids is 1. The lowest BCUT2D eigenvalue weighted by Gasteiger charge is -2.17. The SMILES string of the molecule is CCCC(CC(=O)O)NC(=O)Nc1cc(Cl)ccc1C. The zero-order chi connectivity index (χ0) is 15.1. The minimum absolute atomic E-state index is 0.0875. The maximum absolute atomic E-state index is 11.9. The Morgan fingerprint density at radius 1 is 1.40 bits per heavy atom. The lowest BCUT2D eigenvalue weighted by atomic mass is 10.1. The Kier molecular flexibility index (Phi) is 6.31. The Morgan fingerprint density at radius 2 is 2.10 bits per heavy atom. The van der Waals surface area contributed by atoms with Crippen LogP contribution in [-0.2, 0) is 4.79 Å². The monoisotopic (exact) mass is 298 g/mol. The van der Waals surface area contributed by atoms with E-state index in [-0.39, 0.29) is 12.5 Å². The third-order valence-electron chi connectivity index (χ3n) is 2.84. The highest BCUT2D eigenvalue weighted by atomic mass is 35.5. The zero-order valence-corrected chi connectivity index (χ0v) is 12.3. The van der Waals surface area contributed by atoms with Crippen LogP contribution in [0.5, 0.6) is 0 Å². The topological polar surface area (TPSA) is 78.4 Å². The molecule has 1 aromatic rings. The van der Waals surface area contributed by atoms with Crippen LogP contribution in [0.25, 0.3) is 0 Å². The van der Waals surface area contributed by atoms with Crippen LogP contribution in [0, 0.1) is 6.92 Å². The van der Waals surface area contributed by atoms with Gasteiger partial charge in [0.15, 0.2) is 0 Å². The van der Waals surface area contributed by atoms with Crippen molar-refractivity contribution < 1.29 is 14.7 Å². The highest BCUT2D eigenvalue weighted by Gasteiger charge is 2.15. The molecular formula is C14H19ClN2O3. The van der Waals surface area contributed by atoms with E-state index in [0.717, 1.165) is 12.0 Å². The van der Waals surface area contributed by atoms with Gasteiger partial charge >= 0.3 is 12.0 Å². The van der Waals surface area contributed by atoms with Gasteiger partial charge in [0.05, 0.1) is 6.42 Å². The molecule has 0 aromatic heterocycles. The largest absolute Gasteiger partial charge is 0.481 e. The van der Waals surface area contributed by atoms with Crippen LogP contribution in [0.3, 0.4) is 0 Å². The van der Waals surface area contributed by atoms with Gasteiger partial charge in [-0.15, -0.1) is 0 Å². The number of amides is 2. The first-order valence-electron chi connectivity index (χ1n) is 6.47.